The first-order valence-electron chi connectivity index (χ1n) is 8.22. The van der Waals surface area contributed by atoms with Crippen molar-refractivity contribution in [1.29, 1.82) is 0 Å². The molecule has 0 atom stereocenters. The van der Waals surface area contributed by atoms with Crippen molar-refractivity contribution in [3.05, 3.63) is 20.8 Å². The topological polar surface area (TPSA) is 20.3 Å². The second kappa shape index (κ2) is 11.2. The van der Waals surface area contributed by atoms with E-state index in [9.17, 15) is 4.79 Å². The van der Waals surface area contributed by atoms with Gasteiger partial charge in [0.2, 0.25) is 0 Å². The lowest BCUT2D eigenvalue weighted by molar-refractivity contribution is 0.0750. The molecule has 0 aliphatic carbocycles. The molecule has 0 saturated heterocycles. The molecule has 0 aromatic carbocycles. The van der Waals surface area contributed by atoms with Gasteiger partial charge in [0, 0.05) is 18.5 Å². The van der Waals surface area contributed by atoms with Crippen LogP contribution in [0.25, 0.3) is 0 Å². The molecule has 2 nitrogen and oxygen atoms in total. The number of amides is 1. The van der Waals surface area contributed by atoms with E-state index in [1.807, 2.05) is 11.4 Å². The van der Waals surface area contributed by atoms with Crippen LogP contribution in [0.3, 0.4) is 0 Å². The van der Waals surface area contributed by atoms with Crippen molar-refractivity contribution < 1.29 is 4.79 Å². The lowest BCUT2D eigenvalue weighted by atomic mass is 10.1. The SMILES string of the molecule is CCCCCCN(CCCCCC)C(=O)c1csc(Br)c1. The monoisotopic (exact) mass is 373 g/mol. The molecular formula is C17H28BrNOS. The summed E-state index contributed by atoms with van der Waals surface area (Å²) in [5.41, 5.74) is 0.831. The zero-order valence-electron chi connectivity index (χ0n) is 13.4. The molecule has 0 fully saturated rings. The van der Waals surface area contributed by atoms with Gasteiger partial charge < -0.3 is 4.90 Å². The summed E-state index contributed by atoms with van der Waals surface area (Å²) in [7, 11) is 0. The van der Waals surface area contributed by atoms with Crippen LogP contribution in [0.1, 0.15) is 75.6 Å². The summed E-state index contributed by atoms with van der Waals surface area (Å²) in [6.45, 7) is 6.24. The van der Waals surface area contributed by atoms with E-state index < -0.39 is 0 Å². The molecule has 1 aromatic rings. The van der Waals surface area contributed by atoms with Crippen molar-refractivity contribution in [2.45, 2.75) is 65.2 Å². The summed E-state index contributed by atoms with van der Waals surface area (Å²) >= 11 is 5.03. The molecule has 0 saturated carbocycles. The van der Waals surface area contributed by atoms with Crippen LogP contribution in [-0.2, 0) is 0 Å². The third kappa shape index (κ3) is 7.46. The molecule has 21 heavy (non-hydrogen) atoms. The Balaban J connectivity index is 2.50. The first-order chi connectivity index (χ1) is 10.2. The molecule has 0 aliphatic heterocycles. The van der Waals surface area contributed by atoms with Crippen molar-refractivity contribution in [2.24, 2.45) is 0 Å². The molecule has 1 rings (SSSR count). The third-order valence-electron chi connectivity index (χ3n) is 3.66. The molecule has 120 valence electrons. The number of carbonyl (C=O) groups is 1. The van der Waals surface area contributed by atoms with E-state index in [4.69, 9.17) is 0 Å². The molecule has 0 aliphatic rings. The molecule has 0 radical (unpaired) electrons. The predicted octanol–water partition coefficient (Wildman–Crippen LogP) is 6.11. The van der Waals surface area contributed by atoms with E-state index in [0.29, 0.717) is 0 Å². The van der Waals surface area contributed by atoms with E-state index in [2.05, 4.69) is 34.7 Å². The van der Waals surface area contributed by atoms with Crippen molar-refractivity contribution in [3.8, 4) is 0 Å². The average molecular weight is 374 g/mol. The first-order valence-corrected chi connectivity index (χ1v) is 9.89. The fourth-order valence-electron chi connectivity index (χ4n) is 2.38. The summed E-state index contributed by atoms with van der Waals surface area (Å²) < 4.78 is 1.03. The van der Waals surface area contributed by atoms with Crippen molar-refractivity contribution in [1.82, 2.24) is 4.90 Å². The molecule has 0 spiro atoms. The molecule has 0 bridgehead atoms. The van der Waals surface area contributed by atoms with E-state index in [0.717, 1.165) is 35.3 Å². The summed E-state index contributed by atoms with van der Waals surface area (Å²) in [4.78, 5) is 14.7. The highest BCUT2D eigenvalue weighted by molar-refractivity contribution is 9.11. The molecule has 0 unspecified atom stereocenters. The quantitative estimate of drug-likeness (QED) is 0.428. The Morgan fingerprint density at radius 3 is 2.05 bits per heavy atom. The normalized spacial score (nSPS) is 10.8. The molecule has 1 aromatic heterocycles. The van der Waals surface area contributed by atoms with Gasteiger partial charge in [0.1, 0.15) is 0 Å². The standard InChI is InChI=1S/C17H28BrNOS/c1-3-5-7-9-11-19(12-10-8-6-4-2)17(20)15-13-16(18)21-14-15/h13-14H,3-12H2,1-2H3. The van der Waals surface area contributed by atoms with Gasteiger partial charge >= 0.3 is 0 Å². The van der Waals surface area contributed by atoms with Crippen LogP contribution in [0.2, 0.25) is 0 Å². The highest BCUT2D eigenvalue weighted by atomic mass is 79.9. The predicted molar refractivity (Wildman–Crippen MR) is 96.2 cm³/mol. The maximum absolute atomic E-state index is 12.6. The Morgan fingerprint density at radius 1 is 1.05 bits per heavy atom. The van der Waals surface area contributed by atoms with Crippen LogP contribution >= 0.6 is 27.3 Å². The van der Waals surface area contributed by atoms with E-state index in [1.165, 1.54) is 38.5 Å². The largest absolute Gasteiger partial charge is 0.339 e. The third-order valence-corrected chi connectivity index (χ3v) is 5.17. The smallest absolute Gasteiger partial charge is 0.254 e. The fourth-order valence-corrected chi connectivity index (χ4v) is 3.51. The van der Waals surface area contributed by atoms with Gasteiger partial charge in [0.25, 0.3) is 5.91 Å². The minimum absolute atomic E-state index is 0.199. The van der Waals surface area contributed by atoms with Crippen molar-refractivity contribution in [3.63, 3.8) is 0 Å². The summed E-state index contributed by atoms with van der Waals surface area (Å²) in [6, 6.07) is 1.94. The second-order valence-corrected chi connectivity index (χ2v) is 7.84. The molecule has 1 amide bonds. The maximum Gasteiger partial charge on any atom is 0.254 e. The lowest BCUT2D eigenvalue weighted by Gasteiger charge is -2.22. The number of hydrogen-bond acceptors (Lipinski definition) is 2. The van der Waals surface area contributed by atoms with Crippen LogP contribution in [0, 0.1) is 0 Å². The van der Waals surface area contributed by atoms with Crippen molar-refractivity contribution in [2.75, 3.05) is 13.1 Å². The highest BCUT2D eigenvalue weighted by Crippen LogP contribution is 2.22. The van der Waals surface area contributed by atoms with E-state index in [-0.39, 0.29) is 5.91 Å². The van der Waals surface area contributed by atoms with Gasteiger partial charge in [0.15, 0.2) is 0 Å². The number of hydrogen-bond donors (Lipinski definition) is 0. The number of nitrogens with zero attached hydrogens (tertiary/aromatic N) is 1. The summed E-state index contributed by atoms with van der Waals surface area (Å²) in [6.07, 6.45) is 9.70. The Morgan fingerprint density at radius 2 is 1.62 bits per heavy atom. The van der Waals surface area contributed by atoms with E-state index in [1.54, 1.807) is 11.3 Å². The Hall–Kier alpha value is -0.350. The van der Waals surface area contributed by atoms with Gasteiger partial charge in [-0.3, -0.25) is 4.79 Å². The van der Waals surface area contributed by atoms with Gasteiger partial charge in [-0.05, 0) is 34.8 Å². The number of halogens is 1. The number of thiophene rings is 1. The Kier molecular flexibility index (Phi) is 10.0. The fraction of sp³-hybridized carbons (Fsp3) is 0.706. The van der Waals surface area contributed by atoms with Gasteiger partial charge in [-0.2, -0.15) is 0 Å². The summed E-state index contributed by atoms with van der Waals surface area (Å²) in [5.74, 6) is 0.199. The van der Waals surface area contributed by atoms with Crippen LogP contribution in [0.5, 0.6) is 0 Å². The molecule has 1 heterocycles. The highest BCUT2D eigenvalue weighted by Gasteiger charge is 2.16. The van der Waals surface area contributed by atoms with Gasteiger partial charge in [-0.25, -0.2) is 0 Å². The zero-order valence-corrected chi connectivity index (χ0v) is 15.8. The first kappa shape index (κ1) is 18.7. The minimum atomic E-state index is 0.199. The van der Waals surface area contributed by atoms with Gasteiger partial charge in [0.05, 0.1) is 9.35 Å². The minimum Gasteiger partial charge on any atom is -0.339 e. The average Bonchev–Trinajstić information content (AvgIpc) is 2.91. The van der Waals surface area contributed by atoms with E-state index >= 15 is 0 Å². The Bertz CT molecular complexity index is 393. The van der Waals surface area contributed by atoms with Crippen LogP contribution in [0.15, 0.2) is 15.2 Å². The van der Waals surface area contributed by atoms with Crippen LogP contribution in [0.4, 0.5) is 0 Å². The van der Waals surface area contributed by atoms with Crippen LogP contribution in [-0.4, -0.2) is 23.9 Å². The van der Waals surface area contributed by atoms with Crippen molar-refractivity contribution >= 4 is 33.2 Å². The number of carbonyl (C=O) groups excluding carboxylic acids is 1. The van der Waals surface area contributed by atoms with Gasteiger partial charge in [-0.15, -0.1) is 11.3 Å². The lowest BCUT2D eigenvalue weighted by Crippen LogP contribution is -2.32. The number of rotatable bonds is 11. The molecule has 0 N–H and O–H groups in total. The second-order valence-electron chi connectivity index (χ2n) is 5.55. The molecular weight excluding hydrogens is 346 g/mol. The van der Waals surface area contributed by atoms with Crippen LogP contribution < -0.4 is 0 Å². The maximum atomic E-state index is 12.6. The Labute approximate surface area is 142 Å². The number of unbranched alkanes of at least 4 members (excludes halogenated alkanes) is 6. The summed E-state index contributed by atoms with van der Waals surface area (Å²) in [5, 5.41) is 1.96. The zero-order chi connectivity index (χ0) is 15.5. The molecule has 4 heteroatoms. The van der Waals surface area contributed by atoms with Gasteiger partial charge in [-0.1, -0.05) is 52.4 Å².